The maximum absolute atomic E-state index is 11.5. The summed E-state index contributed by atoms with van der Waals surface area (Å²) >= 11 is 0. The number of rotatable bonds is 2. The van der Waals surface area contributed by atoms with Gasteiger partial charge in [-0.25, -0.2) is 4.79 Å². The van der Waals surface area contributed by atoms with Crippen LogP contribution in [0.5, 0.6) is 0 Å². The molecule has 1 aliphatic heterocycles. The highest BCUT2D eigenvalue weighted by molar-refractivity contribution is 5.89. The van der Waals surface area contributed by atoms with E-state index in [0.717, 1.165) is 6.29 Å². The molecule has 0 aromatic carbocycles. The van der Waals surface area contributed by atoms with Gasteiger partial charge in [0.1, 0.15) is 6.29 Å². The molecule has 1 fully saturated rings. The van der Waals surface area contributed by atoms with Crippen LogP contribution in [0.2, 0.25) is 0 Å². The molecule has 0 amide bonds. The van der Waals surface area contributed by atoms with Crippen molar-refractivity contribution in [2.75, 3.05) is 7.11 Å². The van der Waals surface area contributed by atoms with Gasteiger partial charge in [-0.1, -0.05) is 0 Å². The van der Waals surface area contributed by atoms with Gasteiger partial charge in [0.15, 0.2) is 0 Å². The molecule has 0 spiro atoms. The summed E-state index contributed by atoms with van der Waals surface area (Å²) in [5.74, 6) is -1.15. The van der Waals surface area contributed by atoms with Crippen LogP contribution < -0.4 is 0 Å². The maximum atomic E-state index is 11.5. The molecule has 1 N–H and O–H groups in total. The van der Waals surface area contributed by atoms with Crippen molar-refractivity contribution >= 4 is 12.3 Å². The Morgan fingerprint density at radius 1 is 1.62 bits per heavy atom. The second kappa shape index (κ2) is 4.25. The van der Waals surface area contributed by atoms with Gasteiger partial charge in [0.05, 0.1) is 18.9 Å². The fourth-order valence-corrected chi connectivity index (χ4v) is 2.63. The third-order valence-corrected chi connectivity index (χ3v) is 3.43. The summed E-state index contributed by atoms with van der Waals surface area (Å²) in [6, 6.07) is 0. The van der Waals surface area contributed by atoms with E-state index in [1.807, 2.05) is 0 Å². The van der Waals surface area contributed by atoms with Crippen molar-refractivity contribution < 1.29 is 24.2 Å². The highest BCUT2D eigenvalue weighted by atomic mass is 16.6. The standard InChI is InChI=1S/C11H14O5/c1-15-10(13)8-5-16-11(14)9-6(4-12)2-3-7(8)9/h4-7,9,11,14H,2-3H2,1H3. The van der Waals surface area contributed by atoms with Crippen LogP contribution >= 0.6 is 0 Å². The van der Waals surface area contributed by atoms with E-state index in [9.17, 15) is 14.7 Å². The average molecular weight is 226 g/mol. The summed E-state index contributed by atoms with van der Waals surface area (Å²) in [4.78, 5) is 22.3. The number of ether oxygens (including phenoxy) is 2. The normalized spacial score (nSPS) is 37.0. The minimum atomic E-state index is -1.00. The quantitative estimate of drug-likeness (QED) is 0.539. The number of carbonyl (C=O) groups excluding carboxylic acids is 2. The third kappa shape index (κ3) is 1.61. The Bertz CT molecular complexity index is 335. The first-order valence-corrected chi connectivity index (χ1v) is 5.26. The van der Waals surface area contributed by atoms with Crippen LogP contribution in [-0.4, -0.2) is 30.8 Å². The SMILES string of the molecule is COC(=O)C1=COC(O)C2C(C=O)CCC12. The molecule has 5 heteroatoms. The predicted octanol–water partition coefficient (Wildman–Crippen LogP) is 0.233. The Balaban J connectivity index is 2.26. The molecule has 2 aliphatic rings. The molecular weight excluding hydrogens is 212 g/mol. The van der Waals surface area contributed by atoms with E-state index in [-0.39, 0.29) is 17.8 Å². The van der Waals surface area contributed by atoms with Gasteiger partial charge >= 0.3 is 5.97 Å². The summed E-state index contributed by atoms with van der Waals surface area (Å²) < 4.78 is 9.64. The van der Waals surface area contributed by atoms with Crippen molar-refractivity contribution in [1.29, 1.82) is 0 Å². The Morgan fingerprint density at radius 3 is 3.00 bits per heavy atom. The molecule has 4 atom stereocenters. The lowest BCUT2D eigenvalue weighted by Gasteiger charge is -2.31. The highest BCUT2D eigenvalue weighted by Crippen LogP contribution is 2.45. The number of esters is 1. The van der Waals surface area contributed by atoms with E-state index in [1.54, 1.807) is 0 Å². The molecule has 5 nitrogen and oxygen atoms in total. The molecule has 1 aliphatic carbocycles. The monoisotopic (exact) mass is 226 g/mol. The largest absolute Gasteiger partial charge is 0.472 e. The number of aliphatic hydroxyl groups is 1. The second-order valence-corrected chi connectivity index (χ2v) is 4.15. The van der Waals surface area contributed by atoms with E-state index in [4.69, 9.17) is 4.74 Å². The van der Waals surface area contributed by atoms with Gasteiger partial charge in [-0.15, -0.1) is 0 Å². The van der Waals surface area contributed by atoms with Crippen molar-refractivity contribution in [3.05, 3.63) is 11.8 Å². The predicted molar refractivity (Wildman–Crippen MR) is 53.0 cm³/mol. The zero-order valence-electron chi connectivity index (χ0n) is 8.96. The fraction of sp³-hybridized carbons (Fsp3) is 0.636. The van der Waals surface area contributed by atoms with Crippen LogP contribution in [0.3, 0.4) is 0 Å². The lowest BCUT2D eigenvalue weighted by Crippen LogP contribution is -2.36. The number of carbonyl (C=O) groups is 2. The Morgan fingerprint density at radius 2 is 2.38 bits per heavy atom. The average Bonchev–Trinajstić information content (AvgIpc) is 2.73. The fourth-order valence-electron chi connectivity index (χ4n) is 2.63. The Hall–Kier alpha value is -1.36. The summed E-state index contributed by atoms with van der Waals surface area (Å²) in [6.45, 7) is 0. The van der Waals surface area contributed by atoms with E-state index >= 15 is 0 Å². The molecular formula is C11H14O5. The summed E-state index contributed by atoms with van der Waals surface area (Å²) in [6.07, 6.45) is 2.46. The first-order valence-electron chi connectivity index (χ1n) is 5.26. The summed E-state index contributed by atoms with van der Waals surface area (Å²) in [5, 5.41) is 9.68. The van der Waals surface area contributed by atoms with Crippen molar-refractivity contribution in [2.24, 2.45) is 17.8 Å². The number of hydrogen-bond acceptors (Lipinski definition) is 5. The van der Waals surface area contributed by atoms with Crippen molar-refractivity contribution in [3.63, 3.8) is 0 Å². The van der Waals surface area contributed by atoms with Crippen LogP contribution in [0.25, 0.3) is 0 Å². The van der Waals surface area contributed by atoms with E-state index in [2.05, 4.69) is 4.74 Å². The molecule has 1 heterocycles. The van der Waals surface area contributed by atoms with Crippen molar-refractivity contribution in [3.8, 4) is 0 Å². The van der Waals surface area contributed by atoms with Gasteiger partial charge in [0.2, 0.25) is 6.29 Å². The zero-order chi connectivity index (χ0) is 11.7. The number of hydrogen-bond donors (Lipinski definition) is 1. The van der Waals surface area contributed by atoms with Gasteiger partial charge in [0.25, 0.3) is 0 Å². The molecule has 2 rings (SSSR count). The molecule has 0 radical (unpaired) electrons. The van der Waals surface area contributed by atoms with E-state index in [1.165, 1.54) is 13.4 Å². The van der Waals surface area contributed by atoms with Crippen LogP contribution in [0.4, 0.5) is 0 Å². The Labute approximate surface area is 93.0 Å². The van der Waals surface area contributed by atoms with Crippen molar-refractivity contribution in [1.82, 2.24) is 0 Å². The van der Waals surface area contributed by atoms with Gasteiger partial charge in [0, 0.05) is 17.8 Å². The zero-order valence-corrected chi connectivity index (χ0v) is 8.96. The lowest BCUT2D eigenvalue weighted by atomic mass is 9.83. The van der Waals surface area contributed by atoms with Crippen molar-refractivity contribution in [2.45, 2.75) is 19.1 Å². The first-order chi connectivity index (χ1) is 7.69. The van der Waals surface area contributed by atoms with Gasteiger partial charge in [-0.05, 0) is 12.8 Å². The molecule has 88 valence electrons. The highest BCUT2D eigenvalue weighted by Gasteiger charge is 2.47. The minimum absolute atomic E-state index is 0.133. The molecule has 0 aromatic heterocycles. The lowest BCUT2D eigenvalue weighted by molar-refractivity contribution is -0.147. The topological polar surface area (TPSA) is 72.8 Å². The summed E-state index contributed by atoms with van der Waals surface area (Å²) in [5.41, 5.74) is 0.419. The molecule has 0 saturated heterocycles. The van der Waals surface area contributed by atoms with Gasteiger partial charge < -0.3 is 19.4 Å². The van der Waals surface area contributed by atoms with E-state index < -0.39 is 12.3 Å². The van der Waals surface area contributed by atoms with Gasteiger partial charge in [-0.2, -0.15) is 0 Å². The maximum Gasteiger partial charge on any atom is 0.337 e. The van der Waals surface area contributed by atoms with Crippen LogP contribution in [-0.2, 0) is 19.1 Å². The van der Waals surface area contributed by atoms with E-state index in [0.29, 0.717) is 18.4 Å². The summed E-state index contributed by atoms with van der Waals surface area (Å²) in [7, 11) is 1.30. The smallest absolute Gasteiger partial charge is 0.337 e. The van der Waals surface area contributed by atoms with Crippen LogP contribution in [0.15, 0.2) is 11.8 Å². The third-order valence-electron chi connectivity index (χ3n) is 3.43. The minimum Gasteiger partial charge on any atom is -0.472 e. The molecule has 4 unspecified atom stereocenters. The van der Waals surface area contributed by atoms with Crippen LogP contribution in [0.1, 0.15) is 12.8 Å². The first kappa shape index (κ1) is 11.1. The number of aldehydes is 1. The number of aliphatic hydroxyl groups excluding tert-OH is 1. The number of fused-ring (bicyclic) bond motifs is 1. The van der Waals surface area contributed by atoms with Gasteiger partial charge in [-0.3, -0.25) is 0 Å². The molecule has 1 saturated carbocycles. The second-order valence-electron chi connectivity index (χ2n) is 4.15. The molecule has 0 bridgehead atoms. The Kier molecular flexibility index (Phi) is 2.96. The molecule has 16 heavy (non-hydrogen) atoms. The molecule has 0 aromatic rings. The number of methoxy groups -OCH3 is 1. The van der Waals surface area contributed by atoms with Crippen LogP contribution in [0, 0.1) is 17.8 Å².